The number of benzene rings is 1. The number of hydrogen-bond donors (Lipinski definition) is 1. The summed E-state index contributed by atoms with van der Waals surface area (Å²) in [5.74, 6) is 0. The summed E-state index contributed by atoms with van der Waals surface area (Å²) >= 11 is 0. The van der Waals surface area contributed by atoms with Crippen LogP contribution in [0.5, 0.6) is 0 Å². The number of carbonyl (C=O) groups excluding carboxylic acids is 1. The van der Waals surface area contributed by atoms with Crippen LogP contribution < -0.4 is 5.32 Å². The van der Waals surface area contributed by atoms with Crippen LogP contribution >= 0.6 is 0 Å². The first-order valence-electron chi connectivity index (χ1n) is 5.71. The van der Waals surface area contributed by atoms with Gasteiger partial charge in [0.1, 0.15) is 0 Å². The summed E-state index contributed by atoms with van der Waals surface area (Å²) in [6, 6.07) is 8.75. The summed E-state index contributed by atoms with van der Waals surface area (Å²) in [5.41, 5.74) is 2.42. The molecule has 1 heterocycles. The predicted molar refractivity (Wildman–Crippen MR) is 64.3 cm³/mol. The van der Waals surface area contributed by atoms with E-state index in [0.29, 0.717) is 0 Å². The standard InChI is InChI=1S/C13H18N2O/c1-9(2)15-8-12(14-13(15)16)11-6-4-5-10(3)7-11/h4-7,9,12H,8H2,1-3H3,(H,14,16). The van der Waals surface area contributed by atoms with Crippen LogP contribution in [0.4, 0.5) is 4.79 Å². The van der Waals surface area contributed by atoms with Crippen LogP contribution in [0.2, 0.25) is 0 Å². The summed E-state index contributed by atoms with van der Waals surface area (Å²) in [5, 5.41) is 3.02. The van der Waals surface area contributed by atoms with Crippen molar-refractivity contribution >= 4 is 6.03 Å². The van der Waals surface area contributed by atoms with Gasteiger partial charge in [-0.1, -0.05) is 29.8 Å². The van der Waals surface area contributed by atoms with Crippen molar-refractivity contribution in [1.82, 2.24) is 10.2 Å². The van der Waals surface area contributed by atoms with Crippen molar-refractivity contribution in [3.8, 4) is 0 Å². The van der Waals surface area contributed by atoms with Gasteiger partial charge in [0.25, 0.3) is 0 Å². The molecule has 2 rings (SSSR count). The van der Waals surface area contributed by atoms with E-state index in [-0.39, 0.29) is 18.1 Å². The molecule has 1 N–H and O–H groups in total. The van der Waals surface area contributed by atoms with Crippen molar-refractivity contribution in [1.29, 1.82) is 0 Å². The lowest BCUT2D eigenvalue weighted by Crippen LogP contribution is -2.33. The molecule has 0 saturated carbocycles. The molecule has 0 bridgehead atoms. The smallest absolute Gasteiger partial charge is 0.318 e. The minimum absolute atomic E-state index is 0.0431. The molecule has 86 valence electrons. The van der Waals surface area contributed by atoms with E-state index in [1.807, 2.05) is 24.8 Å². The van der Waals surface area contributed by atoms with Crippen LogP contribution in [0, 0.1) is 6.92 Å². The van der Waals surface area contributed by atoms with Crippen LogP contribution in [0.15, 0.2) is 24.3 Å². The molecule has 1 aliphatic heterocycles. The lowest BCUT2D eigenvalue weighted by atomic mass is 10.1. The topological polar surface area (TPSA) is 32.3 Å². The average Bonchev–Trinajstić information content (AvgIpc) is 2.60. The van der Waals surface area contributed by atoms with E-state index >= 15 is 0 Å². The summed E-state index contributed by atoms with van der Waals surface area (Å²) < 4.78 is 0. The first-order chi connectivity index (χ1) is 7.58. The van der Waals surface area contributed by atoms with Crippen LogP contribution in [-0.2, 0) is 0 Å². The van der Waals surface area contributed by atoms with Crippen molar-refractivity contribution in [2.24, 2.45) is 0 Å². The second-order valence-corrected chi connectivity index (χ2v) is 4.66. The molecule has 0 aromatic heterocycles. The van der Waals surface area contributed by atoms with Gasteiger partial charge in [-0.2, -0.15) is 0 Å². The third kappa shape index (κ3) is 2.03. The monoisotopic (exact) mass is 218 g/mol. The fourth-order valence-electron chi connectivity index (χ4n) is 2.08. The SMILES string of the molecule is Cc1cccc(C2CN(C(C)C)C(=O)N2)c1. The number of carbonyl (C=O) groups is 1. The fraction of sp³-hybridized carbons (Fsp3) is 0.462. The number of nitrogens with one attached hydrogen (secondary N) is 1. The molecule has 1 aromatic carbocycles. The Morgan fingerprint density at radius 2 is 2.19 bits per heavy atom. The molecule has 1 saturated heterocycles. The van der Waals surface area contributed by atoms with Gasteiger partial charge in [-0.3, -0.25) is 0 Å². The zero-order chi connectivity index (χ0) is 11.7. The van der Waals surface area contributed by atoms with E-state index in [2.05, 4.69) is 30.4 Å². The number of amides is 2. The Balaban J connectivity index is 2.17. The highest BCUT2D eigenvalue weighted by atomic mass is 16.2. The highest BCUT2D eigenvalue weighted by molar-refractivity contribution is 5.77. The van der Waals surface area contributed by atoms with Crippen LogP contribution in [-0.4, -0.2) is 23.5 Å². The summed E-state index contributed by atoms with van der Waals surface area (Å²) in [4.78, 5) is 13.6. The molecule has 16 heavy (non-hydrogen) atoms. The lowest BCUT2D eigenvalue weighted by Gasteiger charge is -2.18. The van der Waals surface area contributed by atoms with Crippen molar-refractivity contribution in [3.05, 3.63) is 35.4 Å². The van der Waals surface area contributed by atoms with E-state index in [1.54, 1.807) is 0 Å². The molecule has 1 aromatic rings. The summed E-state index contributed by atoms with van der Waals surface area (Å²) in [6.07, 6.45) is 0. The Morgan fingerprint density at radius 1 is 1.44 bits per heavy atom. The molecule has 1 aliphatic rings. The number of rotatable bonds is 2. The van der Waals surface area contributed by atoms with Gasteiger partial charge in [-0.25, -0.2) is 4.79 Å². The maximum absolute atomic E-state index is 11.7. The van der Waals surface area contributed by atoms with Crippen LogP contribution in [0.3, 0.4) is 0 Å². The predicted octanol–water partition coefficient (Wildman–Crippen LogP) is 2.47. The van der Waals surface area contributed by atoms with Crippen LogP contribution in [0.25, 0.3) is 0 Å². The van der Waals surface area contributed by atoms with E-state index < -0.39 is 0 Å². The summed E-state index contributed by atoms with van der Waals surface area (Å²) in [7, 11) is 0. The van der Waals surface area contributed by atoms with Gasteiger partial charge in [-0.05, 0) is 26.3 Å². The van der Waals surface area contributed by atoms with E-state index in [1.165, 1.54) is 11.1 Å². The lowest BCUT2D eigenvalue weighted by molar-refractivity contribution is 0.206. The van der Waals surface area contributed by atoms with Gasteiger partial charge in [0, 0.05) is 12.6 Å². The maximum Gasteiger partial charge on any atom is 0.318 e. The van der Waals surface area contributed by atoms with Crippen molar-refractivity contribution < 1.29 is 4.79 Å². The Hall–Kier alpha value is -1.51. The third-order valence-electron chi connectivity index (χ3n) is 3.01. The first-order valence-corrected chi connectivity index (χ1v) is 5.71. The van der Waals surface area contributed by atoms with Gasteiger partial charge >= 0.3 is 6.03 Å². The molecule has 0 aliphatic carbocycles. The minimum atomic E-state index is 0.0431. The van der Waals surface area contributed by atoms with Gasteiger partial charge < -0.3 is 10.2 Å². The molecule has 0 spiro atoms. The minimum Gasteiger partial charge on any atom is -0.329 e. The van der Waals surface area contributed by atoms with E-state index in [9.17, 15) is 4.79 Å². The normalized spacial score (nSPS) is 20.4. The molecular formula is C13H18N2O. The van der Waals surface area contributed by atoms with Crippen molar-refractivity contribution in [2.45, 2.75) is 32.9 Å². The number of aryl methyl sites for hydroxylation is 1. The number of nitrogens with zero attached hydrogens (tertiary/aromatic N) is 1. The Morgan fingerprint density at radius 3 is 2.75 bits per heavy atom. The molecule has 3 heteroatoms. The molecule has 1 fully saturated rings. The second kappa shape index (κ2) is 4.16. The van der Waals surface area contributed by atoms with Gasteiger partial charge in [-0.15, -0.1) is 0 Å². The zero-order valence-corrected chi connectivity index (χ0v) is 10.0. The van der Waals surface area contributed by atoms with Crippen molar-refractivity contribution in [3.63, 3.8) is 0 Å². The number of hydrogen-bond acceptors (Lipinski definition) is 1. The Kier molecular flexibility index (Phi) is 2.86. The van der Waals surface area contributed by atoms with Gasteiger partial charge in [0.2, 0.25) is 0 Å². The zero-order valence-electron chi connectivity index (χ0n) is 10.0. The quantitative estimate of drug-likeness (QED) is 0.812. The third-order valence-corrected chi connectivity index (χ3v) is 3.01. The molecule has 3 nitrogen and oxygen atoms in total. The molecular weight excluding hydrogens is 200 g/mol. The van der Waals surface area contributed by atoms with Crippen molar-refractivity contribution in [2.75, 3.05) is 6.54 Å². The summed E-state index contributed by atoms with van der Waals surface area (Å²) in [6.45, 7) is 6.91. The van der Waals surface area contributed by atoms with Gasteiger partial charge in [0.15, 0.2) is 0 Å². The van der Waals surface area contributed by atoms with E-state index in [0.717, 1.165) is 6.54 Å². The van der Waals surface area contributed by atoms with Gasteiger partial charge in [0.05, 0.1) is 6.04 Å². The Bertz CT molecular complexity index is 401. The molecule has 2 amide bonds. The highest BCUT2D eigenvalue weighted by Gasteiger charge is 2.30. The number of urea groups is 1. The highest BCUT2D eigenvalue weighted by Crippen LogP contribution is 2.22. The molecule has 1 unspecified atom stereocenters. The molecule has 1 atom stereocenters. The Labute approximate surface area is 96.5 Å². The molecule has 0 radical (unpaired) electrons. The maximum atomic E-state index is 11.7. The average molecular weight is 218 g/mol. The van der Waals surface area contributed by atoms with Crippen LogP contribution in [0.1, 0.15) is 31.0 Å². The van der Waals surface area contributed by atoms with E-state index in [4.69, 9.17) is 0 Å². The second-order valence-electron chi connectivity index (χ2n) is 4.66. The fourth-order valence-corrected chi connectivity index (χ4v) is 2.08. The first kappa shape index (κ1) is 11.0. The largest absolute Gasteiger partial charge is 0.329 e.